The minimum atomic E-state index is -0.215. The van der Waals surface area contributed by atoms with E-state index in [2.05, 4.69) is 17.0 Å². The lowest BCUT2D eigenvalue weighted by atomic mass is 10.1. The molecule has 1 atom stereocenters. The van der Waals surface area contributed by atoms with Crippen molar-refractivity contribution >= 4 is 11.8 Å². The van der Waals surface area contributed by atoms with Gasteiger partial charge in [-0.1, -0.05) is 18.2 Å². The number of hydrogen-bond acceptors (Lipinski definition) is 4. The summed E-state index contributed by atoms with van der Waals surface area (Å²) in [6, 6.07) is 8.21. The van der Waals surface area contributed by atoms with Crippen LogP contribution in [0.1, 0.15) is 25.5 Å². The molecule has 110 valence electrons. The molecule has 2 N–H and O–H groups in total. The van der Waals surface area contributed by atoms with Gasteiger partial charge >= 0.3 is 6.09 Å². The number of anilines is 1. The SMILES string of the molecule is CCOC(=O)N1CCN(c2ccccc2[C@@H](C)N)CC1. The number of carbonyl (C=O) groups excluding carboxylic acids is 1. The first-order valence-electron chi connectivity index (χ1n) is 7.14. The quantitative estimate of drug-likeness (QED) is 0.918. The molecule has 0 bridgehead atoms. The Labute approximate surface area is 120 Å². The third-order valence-electron chi connectivity index (χ3n) is 3.57. The van der Waals surface area contributed by atoms with E-state index in [1.54, 1.807) is 4.90 Å². The maximum Gasteiger partial charge on any atom is 0.409 e. The van der Waals surface area contributed by atoms with Crippen LogP contribution in [-0.2, 0) is 4.74 Å². The van der Waals surface area contributed by atoms with Gasteiger partial charge < -0.3 is 20.3 Å². The first kappa shape index (κ1) is 14.7. The van der Waals surface area contributed by atoms with Gasteiger partial charge in [-0.2, -0.15) is 0 Å². The number of amides is 1. The highest BCUT2D eigenvalue weighted by Crippen LogP contribution is 2.25. The number of nitrogens with two attached hydrogens (primary N) is 1. The van der Waals surface area contributed by atoms with E-state index in [4.69, 9.17) is 10.5 Å². The van der Waals surface area contributed by atoms with Crippen molar-refractivity contribution in [2.75, 3.05) is 37.7 Å². The Bertz CT molecular complexity index is 454. The van der Waals surface area contributed by atoms with Crippen LogP contribution >= 0.6 is 0 Å². The van der Waals surface area contributed by atoms with E-state index < -0.39 is 0 Å². The molecule has 1 heterocycles. The number of nitrogens with zero attached hydrogens (tertiary/aromatic N) is 2. The van der Waals surface area contributed by atoms with Gasteiger partial charge in [-0.3, -0.25) is 0 Å². The van der Waals surface area contributed by atoms with Gasteiger partial charge in [0, 0.05) is 37.9 Å². The third kappa shape index (κ3) is 3.22. The summed E-state index contributed by atoms with van der Waals surface area (Å²) in [5.41, 5.74) is 8.35. The molecule has 1 aromatic rings. The lowest BCUT2D eigenvalue weighted by Crippen LogP contribution is -2.49. The van der Waals surface area contributed by atoms with E-state index in [0.717, 1.165) is 18.7 Å². The molecule has 1 amide bonds. The highest BCUT2D eigenvalue weighted by molar-refractivity contribution is 5.68. The fraction of sp³-hybridized carbons (Fsp3) is 0.533. The predicted molar refractivity (Wildman–Crippen MR) is 79.9 cm³/mol. The smallest absolute Gasteiger partial charge is 0.409 e. The fourth-order valence-electron chi connectivity index (χ4n) is 2.51. The van der Waals surface area contributed by atoms with Gasteiger partial charge in [0.15, 0.2) is 0 Å². The number of para-hydroxylation sites is 1. The van der Waals surface area contributed by atoms with Gasteiger partial charge in [-0.25, -0.2) is 4.79 Å². The molecule has 0 saturated carbocycles. The number of benzene rings is 1. The molecule has 20 heavy (non-hydrogen) atoms. The molecular formula is C15H23N3O2. The molecule has 1 aliphatic heterocycles. The molecular weight excluding hydrogens is 254 g/mol. The van der Waals surface area contributed by atoms with Crippen molar-refractivity contribution in [2.45, 2.75) is 19.9 Å². The Hall–Kier alpha value is -1.75. The number of ether oxygens (including phenoxy) is 1. The number of piperazine rings is 1. The van der Waals surface area contributed by atoms with Crippen LogP contribution < -0.4 is 10.6 Å². The van der Waals surface area contributed by atoms with Crippen LogP contribution in [0.5, 0.6) is 0 Å². The summed E-state index contributed by atoms with van der Waals surface area (Å²) in [5.74, 6) is 0. The summed E-state index contributed by atoms with van der Waals surface area (Å²) >= 11 is 0. The second kappa shape index (κ2) is 6.61. The number of rotatable bonds is 3. The van der Waals surface area contributed by atoms with Crippen LogP contribution in [0.4, 0.5) is 10.5 Å². The first-order chi connectivity index (χ1) is 9.63. The minimum Gasteiger partial charge on any atom is -0.450 e. The Morgan fingerprint density at radius 2 is 1.95 bits per heavy atom. The zero-order valence-electron chi connectivity index (χ0n) is 12.2. The zero-order valence-corrected chi connectivity index (χ0v) is 12.2. The van der Waals surface area contributed by atoms with Crippen molar-refractivity contribution < 1.29 is 9.53 Å². The van der Waals surface area contributed by atoms with Gasteiger partial charge in [0.25, 0.3) is 0 Å². The average molecular weight is 277 g/mol. The molecule has 5 heteroatoms. The summed E-state index contributed by atoms with van der Waals surface area (Å²) < 4.78 is 5.03. The Kier molecular flexibility index (Phi) is 4.84. The van der Waals surface area contributed by atoms with Crippen LogP contribution in [0.2, 0.25) is 0 Å². The fourth-order valence-corrected chi connectivity index (χ4v) is 2.51. The lowest BCUT2D eigenvalue weighted by molar-refractivity contribution is 0.105. The molecule has 1 aliphatic rings. The van der Waals surface area contributed by atoms with Gasteiger partial charge in [-0.05, 0) is 25.5 Å². The third-order valence-corrected chi connectivity index (χ3v) is 3.57. The zero-order chi connectivity index (χ0) is 14.5. The Balaban J connectivity index is 2.02. The van der Waals surface area contributed by atoms with E-state index >= 15 is 0 Å². The van der Waals surface area contributed by atoms with Gasteiger partial charge in [-0.15, -0.1) is 0 Å². The normalized spacial score (nSPS) is 16.9. The molecule has 1 aromatic carbocycles. The first-order valence-corrected chi connectivity index (χ1v) is 7.14. The molecule has 1 fully saturated rings. The maximum atomic E-state index is 11.7. The standard InChI is InChI=1S/C15H23N3O2/c1-3-20-15(19)18-10-8-17(9-11-18)14-7-5-4-6-13(14)12(2)16/h4-7,12H,3,8-11,16H2,1-2H3/t12-/m1/s1. The van der Waals surface area contributed by atoms with Crippen LogP contribution in [0.15, 0.2) is 24.3 Å². The van der Waals surface area contributed by atoms with Crippen LogP contribution in [0, 0.1) is 0 Å². The van der Waals surface area contributed by atoms with E-state index in [0.29, 0.717) is 19.7 Å². The largest absolute Gasteiger partial charge is 0.450 e. The minimum absolute atomic E-state index is 0.00860. The van der Waals surface area contributed by atoms with E-state index in [-0.39, 0.29) is 12.1 Å². The molecule has 0 unspecified atom stereocenters. The topological polar surface area (TPSA) is 58.8 Å². The van der Waals surface area contributed by atoms with Crippen molar-refractivity contribution in [3.63, 3.8) is 0 Å². The number of hydrogen-bond donors (Lipinski definition) is 1. The van der Waals surface area contributed by atoms with Crippen LogP contribution in [-0.4, -0.2) is 43.8 Å². The van der Waals surface area contributed by atoms with Crippen LogP contribution in [0.25, 0.3) is 0 Å². The Morgan fingerprint density at radius 3 is 2.55 bits per heavy atom. The lowest BCUT2D eigenvalue weighted by Gasteiger charge is -2.36. The van der Waals surface area contributed by atoms with Gasteiger partial charge in [0.2, 0.25) is 0 Å². The molecule has 5 nitrogen and oxygen atoms in total. The molecule has 0 aliphatic carbocycles. The summed E-state index contributed by atoms with van der Waals surface area (Å²) in [4.78, 5) is 15.7. The van der Waals surface area contributed by atoms with Gasteiger partial charge in [0.1, 0.15) is 0 Å². The Morgan fingerprint density at radius 1 is 1.30 bits per heavy atom. The second-order valence-corrected chi connectivity index (χ2v) is 5.02. The molecule has 2 rings (SSSR count). The van der Waals surface area contributed by atoms with E-state index in [1.807, 2.05) is 26.0 Å². The summed E-state index contributed by atoms with van der Waals surface area (Å²) in [5, 5.41) is 0. The van der Waals surface area contributed by atoms with Crippen molar-refractivity contribution in [1.29, 1.82) is 0 Å². The highest BCUT2D eigenvalue weighted by Gasteiger charge is 2.23. The molecule has 0 spiro atoms. The summed E-state index contributed by atoms with van der Waals surface area (Å²) in [6.07, 6.45) is -0.215. The van der Waals surface area contributed by atoms with Crippen molar-refractivity contribution in [2.24, 2.45) is 5.73 Å². The summed E-state index contributed by atoms with van der Waals surface area (Å²) in [6.45, 7) is 7.23. The highest BCUT2D eigenvalue weighted by atomic mass is 16.6. The van der Waals surface area contributed by atoms with Gasteiger partial charge in [0.05, 0.1) is 6.61 Å². The van der Waals surface area contributed by atoms with Crippen molar-refractivity contribution in [1.82, 2.24) is 4.90 Å². The van der Waals surface area contributed by atoms with Crippen molar-refractivity contribution in [3.05, 3.63) is 29.8 Å². The monoisotopic (exact) mass is 277 g/mol. The average Bonchev–Trinajstić information content (AvgIpc) is 2.47. The number of carbonyl (C=O) groups is 1. The van der Waals surface area contributed by atoms with E-state index in [1.165, 1.54) is 5.69 Å². The predicted octanol–water partition coefficient (Wildman–Crippen LogP) is 1.98. The van der Waals surface area contributed by atoms with E-state index in [9.17, 15) is 4.79 Å². The maximum absolute atomic E-state index is 11.7. The molecule has 0 radical (unpaired) electrons. The summed E-state index contributed by atoms with van der Waals surface area (Å²) in [7, 11) is 0. The van der Waals surface area contributed by atoms with Crippen molar-refractivity contribution in [3.8, 4) is 0 Å². The van der Waals surface area contributed by atoms with Crippen LogP contribution in [0.3, 0.4) is 0 Å². The molecule has 0 aromatic heterocycles. The molecule has 1 saturated heterocycles. The second-order valence-electron chi connectivity index (χ2n) is 5.02.